The second-order valence-corrected chi connectivity index (χ2v) is 4.67. The molecule has 2 rings (SSSR count). The Morgan fingerprint density at radius 1 is 1.29 bits per heavy atom. The first-order valence-corrected chi connectivity index (χ1v) is 6.41. The van der Waals surface area contributed by atoms with Crippen LogP contribution >= 0.6 is 0 Å². The second-order valence-electron chi connectivity index (χ2n) is 4.67. The van der Waals surface area contributed by atoms with Crippen molar-refractivity contribution in [1.82, 2.24) is 0 Å². The fourth-order valence-electron chi connectivity index (χ4n) is 2.13. The number of hydrogen-bond donors (Lipinski definition) is 1. The molecule has 0 spiro atoms. The lowest BCUT2D eigenvalue weighted by molar-refractivity contribution is 0.264. The van der Waals surface area contributed by atoms with Gasteiger partial charge in [0.25, 0.3) is 0 Å². The van der Waals surface area contributed by atoms with Gasteiger partial charge in [-0.3, -0.25) is 0 Å². The molecule has 1 aliphatic rings. The molecule has 0 amide bonds. The Bertz CT molecular complexity index is 421. The van der Waals surface area contributed by atoms with Crippen LogP contribution in [0.4, 0.5) is 0 Å². The van der Waals surface area contributed by atoms with Crippen molar-refractivity contribution in [2.45, 2.75) is 45.6 Å². The number of aromatic hydroxyl groups is 1. The molecule has 0 saturated carbocycles. The third-order valence-corrected chi connectivity index (χ3v) is 3.10. The van der Waals surface area contributed by atoms with E-state index in [-0.39, 0.29) is 6.10 Å². The predicted octanol–water partition coefficient (Wildman–Crippen LogP) is 3.92. The zero-order valence-corrected chi connectivity index (χ0v) is 10.6. The van der Waals surface area contributed by atoms with Crippen LogP contribution in [0.15, 0.2) is 18.2 Å². The zero-order valence-electron chi connectivity index (χ0n) is 10.6. The van der Waals surface area contributed by atoms with Crippen molar-refractivity contribution in [3.8, 4) is 11.5 Å². The Labute approximate surface area is 103 Å². The highest BCUT2D eigenvalue weighted by Gasteiger charge is 2.15. The molecule has 1 aromatic carbocycles. The molecule has 0 fully saturated rings. The summed E-state index contributed by atoms with van der Waals surface area (Å²) in [6, 6.07) is 3.92. The van der Waals surface area contributed by atoms with E-state index in [4.69, 9.17) is 4.74 Å². The number of fused-ring (bicyclic) bond motifs is 1. The molecule has 1 N–H and O–H groups in total. The van der Waals surface area contributed by atoms with Crippen LogP contribution in [0.3, 0.4) is 0 Å². The summed E-state index contributed by atoms with van der Waals surface area (Å²) in [6.07, 6.45) is 8.61. The highest BCUT2D eigenvalue weighted by atomic mass is 16.5. The number of hydrogen-bond acceptors (Lipinski definition) is 2. The van der Waals surface area contributed by atoms with Crippen molar-refractivity contribution in [3.05, 3.63) is 29.3 Å². The lowest BCUT2D eigenvalue weighted by Gasteiger charge is -2.20. The smallest absolute Gasteiger partial charge is 0.131 e. The van der Waals surface area contributed by atoms with Gasteiger partial charge in [-0.2, -0.15) is 0 Å². The number of unbranched alkanes of at least 4 members (excludes halogenated alkanes) is 2. The number of rotatable bonds is 4. The summed E-state index contributed by atoms with van der Waals surface area (Å²) in [7, 11) is 0. The van der Waals surface area contributed by atoms with Gasteiger partial charge < -0.3 is 9.84 Å². The Hall–Kier alpha value is -1.44. The van der Waals surface area contributed by atoms with Crippen LogP contribution in [0.5, 0.6) is 11.5 Å². The van der Waals surface area contributed by atoms with Gasteiger partial charge in [-0.15, -0.1) is 0 Å². The number of phenols is 1. The van der Waals surface area contributed by atoms with Crippen LogP contribution in [-0.4, -0.2) is 11.2 Å². The number of benzene rings is 1. The lowest BCUT2D eigenvalue weighted by atomic mass is 10.0. The maximum atomic E-state index is 9.95. The molecule has 92 valence electrons. The van der Waals surface area contributed by atoms with Gasteiger partial charge in [0, 0.05) is 0 Å². The van der Waals surface area contributed by atoms with E-state index >= 15 is 0 Å². The van der Waals surface area contributed by atoms with Crippen LogP contribution in [0.1, 0.15) is 44.2 Å². The number of ether oxygens (including phenoxy) is 1. The molecule has 1 atom stereocenters. The summed E-state index contributed by atoms with van der Waals surface area (Å²) in [5.74, 6) is 1.14. The van der Waals surface area contributed by atoms with Gasteiger partial charge >= 0.3 is 0 Å². The minimum atomic E-state index is 0.0905. The summed E-state index contributed by atoms with van der Waals surface area (Å²) in [5, 5.41) is 9.95. The largest absolute Gasteiger partial charge is 0.507 e. The van der Waals surface area contributed by atoms with Crippen molar-refractivity contribution >= 4 is 6.08 Å². The maximum Gasteiger partial charge on any atom is 0.131 e. The molecule has 1 unspecified atom stereocenters. The molecule has 0 aromatic heterocycles. The van der Waals surface area contributed by atoms with Crippen LogP contribution in [-0.2, 0) is 6.42 Å². The van der Waals surface area contributed by atoms with Gasteiger partial charge in [0.15, 0.2) is 0 Å². The Morgan fingerprint density at radius 3 is 2.88 bits per heavy atom. The summed E-state index contributed by atoms with van der Waals surface area (Å²) in [6.45, 7) is 4.19. The average molecular weight is 232 g/mol. The quantitative estimate of drug-likeness (QED) is 0.797. The van der Waals surface area contributed by atoms with Crippen molar-refractivity contribution in [1.29, 1.82) is 0 Å². The minimum Gasteiger partial charge on any atom is -0.507 e. The highest BCUT2D eigenvalue weighted by molar-refractivity contribution is 5.67. The van der Waals surface area contributed by atoms with Gasteiger partial charge in [-0.25, -0.2) is 0 Å². The van der Waals surface area contributed by atoms with E-state index in [9.17, 15) is 5.11 Å². The van der Waals surface area contributed by atoms with E-state index in [0.717, 1.165) is 23.3 Å². The number of aryl methyl sites for hydroxylation is 1. The zero-order chi connectivity index (χ0) is 12.3. The standard InChI is InChI=1S/C15H20O2/c1-3-4-5-6-12-9-14(16)13-8-7-11(2)17-15(13)10-12/h7-11,16H,3-6H2,1-2H3. The van der Waals surface area contributed by atoms with Crippen molar-refractivity contribution < 1.29 is 9.84 Å². The van der Waals surface area contributed by atoms with Crippen molar-refractivity contribution in [3.63, 3.8) is 0 Å². The summed E-state index contributed by atoms with van der Waals surface area (Å²) >= 11 is 0. The molecule has 1 aromatic rings. The summed E-state index contributed by atoms with van der Waals surface area (Å²) in [5.41, 5.74) is 1.97. The molecule has 1 heterocycles. The van der Waals surface area contributed by atoms with Crippen LogP contribution in [0, 0.1) is 0 Å². The van der Waals surface area contributed by atoms with E-state index in [1.165, 1.54) is 19.3 Å². The topological polar surface area (TPSA) is 29.5 Å². The first-order chi connectivity index (χ1) is 8.20. The Kier molecular flexibility index (Phi) is 3.72. The van der Waals surface area contributed by atoms with Gasteiger partial charge in [-0.05, 0) is 49.6 Å². The van der Waals surface area contributed by atoms with Crippen LogP contribution in [0.25, 0.3) is 6.08 Å². The fraction of sp³-hybridized carbons (Fsp3) is 0.467. The molecule has 0 radical (unpaired) electrons. The molecule has 0 bridgehead atoms. The third-order valence-electron chi connectivity index (χ3n) is 3.10. The minimum absolute atomic E-state index is 0.0905. The van der Waals surface area contributed by atoms with Gasteiger partial charge in [0.2, 0.25) is 0 Å². The lowest BCUT2D eigenvalue weighted by Crippen LogP contribution is -2.12. The molecule has 0 aliphatic carbocycles. The monoisotopic (exact) mass is 232 g/mol. The van der Waals surface area contributed by atoms with Crippen LogP contribution in [0.2, 0.25) is 0 Å². The van der Waals surface area contributed by atoms with Gasteiger partial charge in [0.1, 0.15) is 17.6 Å². The van der Waals surface area contributed by atoms with E-state index in [2.05, 4.69) is 13.0 Å². The summed E-state index contributed by atoms with van der Waals surface area (Å²) < 4.78 is 5.71. The maximum absolute atomic E-state index is 9.95. The Morgan fingerprint density at radius 2 is 2.12 bits per heavy atom. The van der Waals surface area contributed by atoms with Crippen molar-refractivity contribution in [2.24, 2.45) is 0 Å². The first kappa shape index (κ1) is 12.0. The summed E-state index contributed by atoms with van der Waals surface area (Å²) in [4.78, 5) is 0. The molecule has 17 heavy (non-hydrogen) atoms. The highest BCUT2D eigenvalue weighted by Crippen LogP contribution is 2.35. The first-order valence-electron chi connectivity index (χ1n) is 6.41. The Balaban J connectivity index is 2.18. The molecule has 2 nitrogen and oxygen atoms in total. The normalized spacial score (nSPS) is 17.6. The molecule has 2 heteroatoms. The predicted molar refractivity (Wildman–Crippen MR) is 70.5 cm³/mol. The molecule has 1 aliphatic heterocycles. The third kappa shape index (κ3) is 2.82. The fourth-order valence-corrected chi connectivity index (χ4v) is 2.13. The van der Waals surface area contributed by atoms with E-state index in [1.54, 1.807) is 0 Å². The van der Waals surface area contributed by atoms with Crippen molar-refractivity contribution in [2.75, 3.05) is 0 Å². The number of phenolic OH excluding ortho intramolecular Hbond substituents is 1. The molecule has 0 saturated heterocycles. The molecular weight excluding hydrogens is 212 g/mol. The SMILES string of the molecule is CCCCCc1cc(O)c2c(c1)OC(C)C=C2. The van der Waals surface area contributed by atoms with Gasteiger partial charge in [-0.1, -0.05) is 19.8 Å². The van der Waals surface area contributed by atoms with E-state index in [1.807, 2.05) is 25.1 Å². The van der Waals surface area contributed by atoms with Gasteiger partial charge in [0.05, 0.1) is 5.56 Å². The molecular formula is C15H20O2. The average Bonchev–Trinajstić information content (AvgIpc) is 2.28. The second kappa shape index (κ2) is 5.26. The van der Waals surface area contributed by atoms with E-state index in [0.29, 0.717) is 5.75 Å². The van der Waals surface area contributed by atoms with E-state index < -0.39 is 0 Å². The van der Waals surface area contributed by atoms with Crippen LogP contribution < -0.4 is 4.74 Å².